The Balaban J connectivity index is 1.52. The zero-order chi connectivity index (χ0) is 18.8. The van der Waals surface area contributed by atoms with E-state index in [1.165, 1.54) is 6.07 Å². The zero-order valence-corrected chi connectivity index (χ0v) is 16.1. The first-order valence-corrected chi connectivity index (χ1v) is 9.17. The van der Waals surface area contributed by atoms with Gasteiger partial charge < -0.3 is 9.15 Å². The first-order valence-electron chi connectivity index (χ1n) is 8.37. The van der Waals surface area contributed by atoms with E-state index in [0.717, 1.165) is 26.7 Å². The number of fused-ring (bicyclic) bond motifs is 1. The maximum atomic E-state index is 11.8. The molecular weight excluding hydrogens is 410 g/mol. The number of rotatable bonds is 5. The largest absolute Gasteiger partial charge is 0.487 e. The fourth-order valence-electron chi connectivity index (χ4n) is 2.82. The fourth-order valence-corrected chi connectivity index (χ4v) is 3.08. The van der Waals surface area contributed by atoms with Crippen molar-refractivity contribution in [3.63, 3.8) is 0 Å². The highest BCUT2D eigenvalue weighted by Gasteiger charge is 2.09. The van der Waals surface area contributed by atoms with Crippen molar-refractivity contribution in [3.8, 4) is 5.75 Å². The number of ether oxygens (including phenoxy) is 1. The molecular formula is C20H16BrN3O3. The number of nitrogens with zero attached hydrogens (tertiary/aromatic N) is 3. The van der Waals surface area contributed by atoms with Crippen LogP contribution in [0.1, 0.15) is 16.8 Å². The van der Waals surface area contributed by atoms with Gasteiger partial charge in [-0.15, -0.1) is 5.10 Å². The second-order valence-corrected chi connectivity index (χ2v) is 7.16. The van der Waals surface area contributed by atoms with E-state index in [4.69, 9.17) is 9.15 Å². The molecule has 0 bridgehead atoms. The van der Waals surface area contributed by atoms with E-state index in [9.17, 15) is 4.79 Å². The Morgan fingerprint density at radius 1 is 1.15 bits per heavy atom. The Hall–Kier alpha value is -2.93. The van der Waals surface area contributed by atoms with Crippen molar-refractivity contribution in [2.24, 2.45) is 0 Å². The van der Waals surface area contributed by atoms with Crippen LogP contribution in [0.2, 0.25) is 0 Å². The lowest BCUT2D eigenvalue weighted by molar-refractivity contribution is 0.301. The molecule has 0 fully saturated rings. The number of benzene rings is 2. The lowest BCUT2D eigenvalue weighted by Gasteiger charge is -2.06. The number of aromatic nitrogens is 3. The van der Waals surface area contributed by atoms with E-state index < -0.39 is 0 Å². The quantitative estimate of drug-likeness (QED) is 0.450. The van der Waals surface area contributed by atoms with E-state index in [-0.39, 0.29) is 5.63 Å². The Labute approximate surface area is 163 Å². The molecule has 0 saturated carbocycles. The van der Waals surface area contributed by atoms with Gasteiger partial charge in [0.15, 0.2) is 0 Å². The monoisotopic (exact) mass is 425 g/mol. The van der Waals surface area contributed by atoms with Crippen molar-refractivity contribution in [1.82, 2.24) is 15.0 Å². The molecule has 0 radical (unpaired) electrons. The SMILES string of the molecule is Cc1ccc2oc(=O)cc(Cn3cc(COc4ccc(Br)cc4)nn3)c2c1. The average molecular weight is 426 g/mol. The van der Waals surface area contributed by atoms with Crippen molar-refractivity contribution in [2.75, 3.05) is 0 Å². The standard InChI is InChI=1S/C20H16BrN3O3/c1-13-2-7-19-18(8-13)14(9-20(25)27-19)10-24-11-16(22-23-24)12-26-17-5-3-15(21)4-6-17/h2-9,11H,10,12H2,1H3. The molecule has 2 heterocycles. The highest BCUT2D eigenvalue weighted by molar-refractivity contribution is 9.10. The van der Waals surface area contributed by atoms with Crippen LogP contribution in [-0.4, -0.2) is 15.0 Å². The van der Waals surface area contributed by atoms with Crippen LogP contribution < -0.4 is 10.4 Å². The van der Waals surface area contributed by atoms with Gasteiger partial charge in [0.1, 0.15) is 23.6 Å². The smallest absolute Gasteiger partial charge is 0.336 e. The lowest BCUT2D eigenvalue weighted by atomic mass is 10.1. The van der Waals surface area contributed by atoms with Gasteiger partial charge in [-0.3, -0.25) is 0 Å². The molecule has 2 aromatic heterocycles. The third kappa shape index (κ3) is 4.09. The molecule has 0 spiro atoms. The summed E-state index contributed by atoms with van der Waals surface area (Å²) in [6, 6.07) is 14.8. The molecule has 0 aliphatic rings. The highest BCUT2D eigenvalue weighted by Crippen LogP contribution is 2.20. The molecule has 4 rings (SSSR count). The second-order valence-electron chi connectivity index (χ2n) is 6.24. The summed E-state index contributed by atoms with van der Waals surface area (Å²) in [5.74, 6) is 0.759. The third-order valence-electron chi connectivity index (χ3n) is 4.10. The molecule has 2 aromatic carbocycles. The van der Waals surface area contributed by atoms with Crippen LogP contribution in [0.15, 0.2) is 68.4 Å². The van der Waals surface area contributed by atoms with Crippen LogP contribution in [0.25, 0.3) is 11.0 Å². The van der Waals surface area contributed by atoms with Crippen LogP contribution in [0.4, 0.5) is 0 Å². The van der Waals surface area contributed by atoms with Gasteiger partial charge in [0, 0.05) is 15.9 Å². The van der Waals surface area contributed by atoms with Crippen molar-refractivity contribution in [2.45, 2.75) is 20.1 Å². The summed E-state index contributed by atoms with van der Waals surface area (Å²) < 4.78 is 13.7. The number of hydrogen-bond donors (Lipinski definition) is 0. The topological polar surface area (TPSA) is 70.2 Å². The Kier molecular flexibility index (Phi) is 4.77. The molecule has 7 heteroatoms. The van der Waals surface area contributed by atoms with Gasteiger partial charge in [0.25, 0.3) is 0 Å². The first kappa shape index (κ1) is 17.5. The van der Waals surface area contributed by atoms with Crippen molar-refractivity contribution in [3.05, 3.63) is 86.4 Å². The fraction of sp³-hybridized carbons (Fsp3) is 0.150. The summed E-state index contributed by atoms with van der Waals surface area (Å²) in [7, 11) is 0. The van der Waals surface area contributed by atoms with Crippen molar-refractivity contribution >= 4 is 26.9 Å². The summed E-state index contributed by atoms with van der Waals surface area (Å²) in [5.41, 5.74) is 2.85. The Bertz CT molecular complexity index is 1150. The van der Waals surface area contributed by atoms with Gasteiger partial charge in [0.2, 0.25) is 0 Å². The molecule has 0 saturated heterocycles. The molecule has 0 amide bonds. The minimum absolute atomic E-state index is 0.318. The normalized spacial score (nSPS) is 11.0. The molecule has 6 nitrogen and oxygen atoms in total. The molecule has 0 N–H and O–H groups in total. The predicted octanol–water partition coefficient (Wildman–Crippen LogP) is 4.08. The van der Waals surface area contributed by atoms with Gasteiger partial charge in [-0.05, 0) is 48.9 Å². The number of aryl methyl sites for hydroxylation is 1. The molecule has 0 unspecified atom stereocenters. The Morgan fingerprint density at radius 3 is 2.78 bits per heavy atom. The minimum atomic E-state index is -0.375. The van der Waals surface area contributed by atoms with Gasteiger partial charge in [-0.2, -0.15) is 0 Å². The molecule has 27 heavy (non-hydrogen) atoms. The van der Waals surface area contributed by atoms with E-state index >= 15 is 0 Å². The van der Waals surface area contributed by atoms with E-state index in [0.29, 0.717) is 24.4 Å². The summed E-state index contributed by atoms with van der Waals surface area (Å²) in [5, 5.41) is 9.19. The molecule has 0 atom stereocenters. The molecule has 4 aromatic rings. The van der Waals surface area contributed by atoms with Gasteiger partial charge in [-0.25, -0.2) is 9.48 Å². The van der Waals surface area contributed by atoms with Gasteiger partial charge >= 0.3 is 5.63 Å². The first-order chi connectivity index (χ1) is 13.1. The maximum absolute atomic E-state index is 11.8. The molecule has 136 valence electrons. The van der Waals surface area contributed by atoms with E-state index in [1.807, 2.05) is 55.6 Å². The van der Waals surface area contributed by atoms with Crippen LogP contribution in [0.3, 0.4) is 0 Å². The summed E-state index contributed by atoms with van der Waals surface area (Å²) in [4.78, 5) is 11.8. The molecule has 0 aliphatic heterocycles. The third-order valence-corrected chi connectivity index (χ3v) is 4.63. The zero-order valence-electron chi connectivity index (χ0n) is 14.6. The molecule has 0 aliphatic carbocycles. The van der Waals surface area contributed by atoms with Crippen molar-refractivity contribution in [1.29, 1.82) is 0 Å². The van der Waals surface area contributed by atoms with Gasteiger partial charge in [-0.1, -0.05) is 32.8 Å². The number of halogens is 1. The van der Waals surface area contributed by atoms with Crippen LogP contribution >= 0.6 is 15.9 Å². The highest BCUT2D eigenvalue weighted by atomic mass is 79.9. The number of hydrogen-bond acceptors (Lipinski definition) is 5. The maximum Gasteiger partial charge on any atom is 0.336 e. The van der Waals surface area contributed by atoms with Crippen LogP contribution in [-0.2, 0) is 13.2 Å². The van der Waals surface area contributed by atoms with E-state index in [1.54, 1.807) is 4.68 Å². The summed E-state index contributed by atoms with van der Waals surface area (Å²) in [6.07, 6.45) is 1.81. The lowest BCUT2D eigenvalue weighted by Crippen LogP contribution is -2.06. The van der Waals surface area contributed by atoms with Gasteiger partial charge in [0.05, 0.1) is 12.7 Å². The summed E-state index contributed by atoms with van der Waals surface area (Å²) in [6.45, 7) is 2.75. The van der Waals surface area contributed by atoms with Crippen LogP contribution in [0.5, 0.6) is 5.75 Å². The predicted molar refractivity (Wildman–Crippen MR) is 105 cm³/mol. The average Bonchev–Trinajstić information content (AvgIpc) is 3.09. The van der Waals surface area contributed by atoms with Crippen molar-refractivity contribution < 1.29 is 9.15 Å². The van der Waals surface area contributed by atoms with Crippen LogP contribution in [0, 0.1) is 6.92 Å². The second kappa shape index (κ2) is 7.36. The summed E-state index contributed by atoms with van der Waals surface area (Å²) >= 11 is 3.39. The minimum Gasteiger partial charge on any atom is -0.487 e. The Morgan fingerprint density at radius 2 is 1.96 bits per heavy atom. The van der Waals surface area contributed by atoms with E-state index in [2.05, 4.69) is 26.2 Å².